The zero-order valence-corrected chi connectivity index (χ0v) is 13.0. The van der Waals surface area contributed by atoms with Crippen LogP contribution in [0.1, 0.15) is 20.3 Å². The van der Waals surface area contributed by atoms with Gasteiger partial charge in [-0.15, -0.1) is 11.8 Å². The summed E-state index contributed by atoms with van der Waals surface area (Å²) in [7, 11) is 0. The SMILES string of the molecule is CCCSc1ccc(NC(=O)[C@@](C)(O)C(F)(F)F)c(Cl)c1. The second-order valence-corrected chi connectivity index (χ2v) is 6.09. The second-order valence-electron chi connectivity index (χ2n) is 4.51. The lowest BCUT2D eigenvalue weighted by Gasteiger charge is -2.25. The average molecular weight is 342 g/mol. The third-order valence-corrected chi connectivity index (χ3v) is 4.17. The van der Waals surface area contributed by atoms with Crippen LogP contribution in [0.4, 0.5) is 18.9 Å². The zero-order valence-electron chi connectivity index (χ0n) is 11.4. The number of carbonyl (C=O) groups is 1. The number of benzene rings is 1. The van der Waals surface area contributed by atoms with Crippen LogP contribution in [0.25, 0.3) is 0 Å². The number of aliphatic hydroxyl groups is 1. The molecule has 0 aliphatic carbocycles. The zero-order chi connectivity index (χ0) is 16.3. The van der Waals surface area contributed by atoms with Crippen LogP contribution in [0, 0.1) is 0 Å². The third-order valence-electron chi connectivity index (χ3n) is 2.66. The van der Waals surface area contributed by atoms with E-state index in [-0.39, 0.29) is 10.7 Å². The fourth-order valence-corrected chi connectivity index (χ4v) is 2.38. The van der Waals surface area contributed by atoms with Gasteiger partial charge in [-0.1, -0.05) is 18.5 Å². The highest BCUT2D eigenvalue weighted by Crippen LogP contribution is 2.33. The Labute approximate surface area is 129 Å². The smallest absolute Gasteiger partial charge is 0.373 e. The molecular weight excluding hydrogens is 327 g/mol. The van der Waals surface area contributed by atoms with E-state index in [0.29, 0.717) is 6.92 Å². The van der Waals surface area contributed by atoms with E-state index in [1.165, 1.54) is 6.07 Å². The Morgan fingerprint density at radius 1 is 1.43 bits per heavy atom. The lowest BCUT2D eigenvalue weighted by molar-refractivity contribution is -0.242. The highest BCUT2D eigenvalue weighted by atomic mass is 35.5. The summed E-state index contributed by atoms with van der Waals surface area (Å²) in [4.78, 5) is 12.4. The molecule has 0 aliphatic rings. The predicted molar refractivity (Wildman–Crippen MR) is 77.8 cm³/mol. The number of alkyl halides is 3. The van der Waals surface area contributed by atoms with Gasteiger partial charge in [0, 0.05) is 4.90 Å². The van der Waals surface area contributed by atoms with Crippen LogP contribution in [0.15, 0.2) is 23.1 Å². The van der Waals surface area contributed by atoms with Gasteiger partial charge in [-0.3, -0.25) is 4.79 Å². The molecule has 0 aromatic heterocycles. The summed E-state index contributed by atoms with van der Waals surface area (Å²) in [5.74, 6) is -0.698. The summed E-state index contributed by atoms with van der Waals surface area (Å²) in [6.45, 7) is 2.41. The van der Waals surface area contributed by atoms with Gasteiger partial charge in [0.05, 0.1) is 10.7 Å². The molecule has 0 saturated carbocycles. The quantitative estimate of drug-likeness (QED) is 0.793. The van der Waals surface area contributed by atoms with E-state index in [2.05, 4.69) is 0 Å². The number of rotatable bonds is 5. The van der Waals surface area contributed by atoms with Gasteiger partial charge >= 0.3 is 6.18 Å². The lowest BCUT2D eigenvalue weighted by Crippen LogP contribution is -2.52. The van der Waals surface area contributed by atoms with E-state index in [1.807, 2.05) is 12.2 Å². The number of nitrogens with one attached hydrogen (secondary N) is 1. The fraction of sp³-hybridized carbons (Fsp3) is 0.462. The van der Waals surface area contributed by atoms with Crippen molar-refractivity contribution in [2.75, 3.05) is 11.1 Å². The highest BCUT2D eigenvalue weighted by Gasteiger charge is 2.55. The van der Waals surface area contributed by atoms with Crippen molar-refractivity contribution in [3.05, 3.63) is 23.2 Å². The number of halogens is 4. The average Bonchev–Trinajstić information content (AvgIpc) is 2.37. The van der Waals surface area contributed by atoms with Crippen molar-refractivity contribution < 1.29 is 23.1 Å². The van der Waals surface area contributed by atoms with E-state index in [4.69, 9.17) is 11.6 Å². The Kier molecular flexibility index (Phi) is 5.95. The van der Waals surface area contributed by atoms with Crippen LogP contribution in [0.3, 0.4) is 0 Å². The minimum absolute atomic E-state index is 0.0204. The van der Waals surface area contributed by atoms with E-state index in [0.717, 1.165) is 17.1 Å². The maximum atomic E-state index is 12.5. The number of amides is 1. The normalized spacial score (nSPS) is 14.6. The third kappa shape index (κ3) is 4.52. The molecule has 0 bridgehead atoms. The molecule has 118 valence electrons. The first-order chi connectivity index (χ1) is 9.59. The summed E-state index contributed by atoms with van der Waals surface area (Å²) < 4.78 is 37.6. The molecule has 1 amide bonds. The molecule has 1 aromatic rings. The van der Waals surface area contributed by atoms with E-state index in [1.54, 1.807) is 23.9 Å². The molecule has 2 N–H and O–H groups in total. The minimum atomic E-state index is -5.07. The number of anilines is 1. The van der Waals surface area contributed by atoms with Gasteiger partial charge in [0.25, 0.3) is 5.91 Å². The first-order valence-corrected chi connectivity index (χ1v) is 7.49. The van der Waals surface area contributed by atoms with Crippen LogP contribution in [0.2, 0.25) is 5.02 Å². The van der Waals surface area contributed by atoms with Gasteiger partial charge in [0.15, 0.2) is 0 Å². The molecule has 0 radical (unpaired) electrons. The van der Waals surface area contributed by atoms with Crippen LogP contribution in [-0.2, 0) is 4.79 Å². The first kappa shape index (κ1) is 18.1. The molecular formula is C13H15ClF3NO2S. The summed E-state index contributed by atoms with van der Waals surface area (Å²) in [5.41, 5.74) is -3.46. The number of hydrogen-bond donors (Lipinski definition) is 2. The molecule has 21 heavy (non-hydrogen) atoms. The van der Waals surface area contributed by atoms with Crippen LogP contribution in [0.5, 0.6) is 0 Å². The number of thioether (sulfide) groups is 1. The predicted octanol–water partition coefficient (Wildman–Crippen LogP) is 4.09. The highest BCUT2D eigenvalue weighted by molar-refractivity contribution is 7.99. The Hall–Kier alpha value is -0.920. The summed E-state index contributed by atoms with van der Waals surface area (Å²) in [6.07, 6.45) is -4.10. The van der Waals surface area contributed by atoms with Crippen LogP contribution in [-0.4, -0.2) is 28.5 Å². The Morgan fingerprint density at radius 2 is 2.05 bits per heavy atom. The molecule has 0 unspecified atom stereocenters. The maximum absolute atomic E-state index is 12.5. The molecule has 1 aromatic carbocycles. The van der Waals surface area contributed by atoms with E-state index < -0.39 is 17.7 Å². The monoisotopic (exact) mass is 341 g/mol. The molecule has 1 atom stereocenters. The first-order valence-electron chi connectivity index (χ1n) is 6.12. The lowest BCUT2D eigenvalue weighted by atomic mass is 10.1. The largest absolute Gasteiger partial charge is 0.426 e. The van der Waals surface area contributed by atoms with Crippen molar-refractivity contribution in [2.24, 2.45) is 0 Å². The topological polar surface area (TPSA) is 49.3 Å². The van der Waals surface area contributed by atoms with Crippen LogP contribution >= 0.6 is 23.4 Å². The van der Waals surface area contributed by atoms with Gasteiger partial charge in [-0.05, 0) is 37.3 Å². The van der Waals surface area contributed by atoms with E-state index >= 15 is 0 Å². The number of hydrogen-bond acceptors (Lipinski definition) is 3. The standard InChI is InChI=1S/C13H15ClF3NO2S/c1-3-6-21-8-4-5-10(9(14)7-8)18-11(19)12(2,20)13(15,16)17/h4-5,7,20H,3,6H2,1-2H3,(H,18,19)/t12-/m1/s1. The maximum Gasteiger partial charge on any atom is 0.426 e. The Bertz CT molecular complexity index is 521. The molecule has 0 aliphatic heterocycles. The van der Waals surface area contributed by atoms with Crippen molar-refractivity contribution in [1.82, 2.24) is 0 Å². The van der Waals surface area contributed by atoms with Crippen molar-refractivity contribution in [2.45, 2.75) is 36.9 Å². The van der Waals surface area contributed by atoms with Gasteiger partial charge in [0.1, 0.15) is 0 Å². The minimum Gasteiger partial charge on any atom is -0.373 e. The second kappa shape index (κ2) is 6.89. The van der Waals surface area contributed by atoms with Crippen molar-refractivity contribution in [3.63, 3.8) is 0 Å². The Balaban J connectivity index is 2.87. The van der Waals surface area contributed by atoms with E-state index in [9.17, 15) is 23.1 Å². The molecule has 1 rings (SSSR count). The summed E-state index contributed by atoms with van der Waals surface area (Å²) in [5, 5.41) is 11.4. The molecule has 0 saturated heterocycles. The van der Waals surface area contributed by atoms with Gasteiger partial charge in [-0.2, -0.15) is 13.2 Å². The molecule has 8 heteroatoms. The van der Waals surface area contributed by atoms with Gasteiger partial charge in [0.2, 0.25) is 5.60 Å². The summed E-state index contributed by atoms with van der Waals surface area (Å²) in [6, 6.07) is 4.61. The molecule has 0 spiro atoms. The van der Waals surface area contributed by atoms with Crippen molar-refractivity contribution in [3.8, 4) is 0 Å². The molecule has 0 fully saturated rings. The summed E-state index contributed by atoms with van der Waals surface area (Å²) >= 11 is 7.47. The van der Waals surface area contributed by atoms with Crippen molar-refractivity contribution in [1.29, 1.82) is 0 Å². The Morgan fingerprint density at radius 3 is 2.52 bits per heavy atom. The van der Waals surface area contributed by atoms with Gasteiger partial charge < -0.3 is 10.4 Å². The number of carbonyl (C=O) groups excluding carboxylic acids is 1. The van der Waals surface area contributed by atoms with Crippen molar-refractivity contribution >= 4 is 35.0 Å². The molecule has 3 nitrogen and oxygen atoms in total. The van der Waals surface area contributed by atoms with Crippen LogP contribution < -0.4 is 5.32 Å². The fourth-order valence-electron chi connectivity index (χ4n) is 1.28. The molecule has 0 heterocycles. The van der Waals surface area contributed by atoms with Gasteiger partial charge in [-0.25, -0.2) is 0 Å².